The highest BCUT2D eigenvalue weighted by Gasteiger charge is 2.34. The highest BCUT2D eigenvalue weighted by molar-refractivity contribution is 6.33. The molecule has 0 aliphatic carbocycles. The zero-order valence-electron chi connectivity index (χ0n) is 9.35. The van der Waals surface area contributed by atoms with E-state index in [0.29, 0.717) is 18.8 Å². The molecule has 14 heavy (non-hydrogen) atoms. The molecule has 0 aliphatic rings. The Morgan fingerprint density at radius 2 is 2.00 bits per heavy atom. The molecule has 0 heterocycles. The van der Waals surface area contributed by atoms with Gasteiger partial charge < -0.3 is 5.11 Å². The van der Waals surface area contributed by atoms with Crippen molar-refractivity contribution in [3.63, 3.8) is 0 Å². The van der Waals surface area contributed by atoms with Crippen LogP contribution in [0.2, 0.25) is 0 Å². The molecule has 2 atom stereocenters. The van der Waals surface area contributed by atoms with Crippen LogP contribution in [0.1, 0.15) is 52.9 Å². The Bertz CT molecular complexity index is 182. The molecule has 0 rings (SSSR count). The molecule has 0 spiro atoms. The van der Waals surface area contributed by atoms with Gasteiger partial charge in [0.2, 0.25) is 0 Å². The second-order valence-corrected chi connectivity index (χ2v) is 4.80. The van der Waals surface area contributed by atoms with Crippen LogP contribution in [0.25, 0.3) is 0 Å². The Balaban J connectivity index is 4.16. The van der Waals surface area contributed by atoms with Gasteiger partial charge in [0, 0.05) is 0 Å². The third-order valence-corrected chi connectivity index (χ3v) is 3.30. The van der Waals surface area contributed by atoms with Gasteiger partial charge in [-0.25, -0.2) is 0 Å². The molecule has 0 saturated carbocycles. The minimum absolute atomic E-state index is 0.556. The summed E-state index contributed by atoms with van der Waals surface area (Å²) in [5.41, 5.74) is 0. The zero-order valence-corrected chi connectivity index (χ0v) is 10.1. The standard InChI is InChI=1S/C11H21ClO2/c1-4-7-11(12,10(13)14)8-6-9(3)5-2/h9H,4-8H2,1-3H3,(H,13,14). The Morgan fingerprint density at radius 3 is 2.36 bits per heavy atom. The first-order valence-electron chi connectivity index (χ1n) is 5.38. The van der Waals surface area contributed by atoms with E-state index in [0.717, 1.165) is 19.3 Å². The van der Waals surface area contributed by atoms with E-state index < -0.39 is 10.8 Å². The molecule has 0 aromatic carbocycles. The van der Waals surface area contributed by atoms with E-state index in [1.165, 1.54) is 0 Å². The van der Waals surface area contributed by atoms with E-state index in [1.54, 1.807) is 0 Å². The topological polar surface area (TPSA) is 37.3 Å². The number of carboxylic acid groups (broad SMARTS) is 1. The Morgan fingerprint density at radius 1 is 1.43 bits per heavy atom. The van der Waals surface area contributed by atoms with Crippen molar-refractivity contribution in [3.8, 4) is 0 Å². The normalized spacial score (nSPS) is 17.4. The van der Waals surface area contributed by atoms with Gasteiger partial charge in [-0.3, -0.25) is 4.79 Å². The Labute approximate surface area is 91.6 Å². The maximum absolute atomic E-state index is 11.0. The number of rotatable bonds is 7. The summed E-state index contributed by atoms with van der Waals surface area (Å²) in [6.45, 7) is 6.20. The highest BCUT2D eigenvalue weighted by Crippen LogP contribution is 2.30. The van der Waals surface area contributed by atoms with Gasteiger partial charge in [-0.2, -0.15) is 0 Å². The van der Waals surface area contributed by atoms with Gasteiger partial charge in [0.05, 0.1) is 0 Å². The van der Waals surface area contributed by atoms with Crippen LogP contribution < -0.4 is 0 Å². The molecule has 0 radical (unpaired) electrons. The van der Waals surface area contributed by atoms with E-state index >= 15 is 0 Å². The summed E-state index contributed by atoms with van der Waals surface area (Å²) in [4.78, 5) is 9.95. The molecule has 0 bridgehead atoms. The molecule has 0 aromatic heterocycles. The fourth-order valence-corrected chi connectivity index (χ4v) is 1.71. The highest BCUT2D eigenvalue weighted by atomic mass is 35.5. The summed E-state index contributed by atoms with van der Waals surface area (Å²) in [5.74, 6) is -0.311. The molecule has 2 nitrogen and oxygen atoms in total. The lowest BCUT2D eigenvalue weighted by atomic mass is 9.92. The lowest BCUT2D eigenvalue weighted by Crippen LogP contribution is -2.32. The minimum Gasteiger partial charge on any atom is -0.480 e. The van der Waals surface area contributed by atoms with Gasteiger partial charge in [-0.05, 0) is 25.2 Å². The monoisotopic (exact) mass is 220 g/mol. The van der Waals surface area contributed by atoms with Crippen molar-refractivity contribution in [2.75, 3.05) is 0 Å². The van der Waals surface area contributed by atoms with Gasteiger partial charge in [0.15, 0.2) is 0 Å². The molecule has 0 amide bonds. The van der Waals surface area contributed by atoms with Crippen LogP contribution in [-0.4, -0.2) is 16.0 Å². The summed E-state index contributed by atoms with van der Waals surface area (Å²) in [6, 6.07) is 0. The van der Waals surface area contributed by atoms with E-state index in [1.807, 2.05) is 6.92 Å². The minimum atomic E-state index is -1.03. The first kappa shape index (κ1) is 13.8. The van der Waals surface area contributed by atoms with Crippen LogP contribution in [0.15, 0.2) is 0 Å². The predicted molar refractivity (Wildman–Crippen MR) is 59.8 cm³/mol. The van der Waals surface area contributed by atoms with Crippen molar-refractivity contribution in [2.24, 2.45) is 5.92 Å². The third-order valence-electron chi connectivity index (χ3n) is 2.76. The molecule has 1 N–H and O–H groups in total. The summed E-state index contributed by atoms with van der Waals surface area (Å²) in [5, 5.41) is 9.02. The molecule has 84 valence electrons. The van der Waals surface area contributed by atoms with E-state index in [-0.39, 0.29) is 0 Å². The van der Waals surface area contributed by atoms with Crippen molar-refractivity contribution in [1.29, 1.82) is 0 Å². The fraction of sp³-hybridized carbons (Fsp3) is 0.909. The first-order chi connectivity index (χ1) is 6.46. The summed E-state index contributed by atoms with van der Waals surface area (Å²) in [6.07, 6.45) is 3.92. The summed E-state index contributed by atoms with van der Waals surface area (Å²) in [7, 11) is 0. The maximum Gasteiger partial charge on any atom is 0.324 e. The molecule has 0 aliphatic heterocycles. The number of halogens is 1. The predicted octanol–water partition coefficient (Wildman–Crippen LogP) is 3.68. The van der Waals surface area contributed by atoms with Crippen LogP contribution in [0, 0.1) is 5.92 Å². The van der Waals surface area contributed by atoms with Crippen LogP contribution in [0.5, 0.6) is 0 Å². The van der Waals surface area contributed by atoms with Crippen LogP contribution in [0.4, 0.5) is 0 Å². The molecular weight excluding hydrogens is 200 g/mol. The maximum atomic E-state index is 11.0. The summed E-state index contributed by atoms with van der Waals surface area (Å²) >= 11 is 6.08. The van der Waals surface area contributed by atoms with Crippen molar-refractivity contribution in [1.82, 2.24) is 0 Å². The van der Waals surface area contributed by atoms with Crippen molar-refractivity contribution in [3.05, 3.63) is 0 Å². The summed E-state index contributed by atoms with van der Waals surface area (Å²) < 4.78 is 0. The number of hydrogen-bond donors (Lipinski definition) is 1. The first-order valence-corrected chi connectivity index (χ1v) is 5.76. The van der Waals surface area contributed by atoms with Crippen LogP contribution in [0.3, 0.4) is 0 Å². The smallest absolute Gasteiger partial charge is 0.324 e. The number of carboxylic acids is 1. The number of alkyl halides is 1. The van der Waals surface area contributed by atoms with Crippen molar-refractivity contribution < 1.29 is 9.90 Å². The molecule has 0 aromatic rings. The lowest BCUT2D eigenvalue weighted by Gasteiger charge is -2.23. The number of carbonyl (C=O) groups is 1. The van der Waals surface area contributed by atoms with Gasteiger partial charge >= 0.3 is 5.97 Å². The molecule has 0 saturated heterocycles. The fourth-order valence-electron chi connectivity index (χ4n) is 1.41. The van der Waals surface area contributed by atoms with Crippen molar-refractivity contribution >= 4 is 17.6 Å². The van der Waals surface area contributed by atoms with Gasteiger partial charge in [0.25, 0.3) is 0 Å². The van der Waals surface area contributed by atoms with Crippen molar-refractivity contribution in [2.45, 2.75) is 57.7 Å². The van der Waals surface area contributed by atoms with Gasteiger partial charge in [-0.1, -0.05) is 33.6 Å². The SMILES string of the molecule is CCCC(Cl)(CCC(C)CC)C(=O)O. The van der Waals surface area contributed by atoms with E-state index in [9.17, 15) is 4.79 Å². The largest absolute Gasteiger partial charge is 0.480 e. The average molecular weight is 221 g/mol. The zero-order chi connectivity index (χ0) is 11.2. The second kappa shape index (κ2) is 6.28. The Hall–Kier alpha value is -0.240. The Kier molecular flexibility index (Phi) is 6.17. The molecule has 3 heteroatoms. The third kappa shape index (κ3) is 4.32. The average Bonchev–Trinajstić information content (AvgIpc) is 2.14. The second-order valence-electron chi connectivity index (χ2n) is 4.07. The molecule has 2 unspecified atom stereocenters. The van der Waals surface area contributed by atoms with E-state index in [2.05, 4.69) is 13.8 Å². The van der Waals surface area contributed by atoms with Crippen LogP contribution in [-0.2, 0) is 4.79 Å². The molecule has 0 fully saturated rings. The quantitative estimate of drug-likeness (QED) is 0.665. The number of aliphatic carboxylic acids is 1. The number of hydrogen-bond acceptors (Lipinski definition) is 1. The van der Waals surface area contributed by atoms with E-state index in [4.69, 9.17) is 16.7 Å². The van der Waals surface area contributed by atoms with Gasteiger partial charge in [-0.15, -0.1) is 11.6 Å². The van der Waals surface area contributed by atoms with Crippen LogP contribution >= 0.6 is 11.6 Å². The molecular formula is C11H21ClO2. The lowest BCUT2D eigenvalue weighted by molar-refractivity contribution is -0.140. The van der Waals surface area contributed by atoms with Gasteiger partial charge in [0.1, 0.15) is 4.87 Å².